The molecule has 1 fully saturated rings. The monoisotopic (exact) mass is 388 g/mol. The van der Waals surface area contributed by atoms with E-state index in [2.05, 4.69) is 4.99 Å². The molecule has 6 nitrogen and oxygen atoms in total. The van der Waals surface area contributed by atoms with Crippen molar-refractivity contribution in [2.24, 2.45) is 4.99 Å². The number of hydrogen-bond acceptors (Lipinski definition) is 5. The number of sulfonamides is 1. The molecule has 7 heteroatoms. The fourth-order valence-electron chi connectivity index (χ4n) is 3.10. The summed E-state index contributed by atoms with van der Waals surface area (Å²) in [5.41, 5.74) is 0.942. The lowest BCUT2D eigenvalue weighted by Gasteiger charge is -2.20. The number of phenols is 1. The van der Waals surface area contributed by atoms with Gasteiger partial charge in [-0.2, -0.15) is 4.31 Å². The molecule has 0 aromatic heterocycles. The second kappa shape index (κ2) is 8.54. The summed E-state index contributed by atoms with van der Waals surface area (Å²) in [6.45, 7) is 1.09. The molecule has 1 saturated heterocycles. The Balaban J connectivity index is 1.94. The lowest BCUT2D eigenvalue weighted by atomic mass is 10.2. The van der Waals surface area contributed by atoms with Gasteiger partial charge < -0.3 is 9.84 Å². The van der Waals surface area contributed by atoms with Crippen LogP contribution in [0.2, 0.25) is 0 Å². The third kappa shape index (κ3) is 4.48. The van der Waals surface area contributed by atoms with E-state index in [1.54, 1.807) is 40.7 Å². The summed E-state index contributed by atoms with van der Waals surface area (Å²) >= 11 is 0. The fourth-order valence-corrected chi connectivity index (χ4v) is 4.64. The SMILES string of the molecule is COc1ccc(S(=O)(=O)N2CCCCCC2)cc1N=Cc1ccccc1O. The fraction of sp³-hybridized carbons (Fsp3) is 0.350. The Morgan fingerprint density at radius 3 is 2.44 bits per heavy atom. The largest absolute Gasteiger partial charge is 0.507 e. The van der Waals surface area contributed by atoms with E-state index in [4.69, 9.17) is 4.74 Å². The van der Waals surface area contributed by atoms with Gasteiger partial charge in [-0.1, -0.05) is 25.0 Å². The third-order valence-corrected chi connectivity index (χ3v) is 6.53. The molecular formula is C20H24N2O4S. The molecule has 0 bridgehead atoms. The average Bonchev–Trinajstić information content (AvgIpc) is 2.97. The van der Waals surface area contributed by atoms with E-state index in [9.17, 15) is 13.5 Å². The second-order valence-electron chi connectivity index (χ2n) is 6.47. The lowest BCUT2D eigenvalue weighted by Crippen LogP contribution is -2.31. The molecule has 1 N–H and O–H groups in total. The highest BCUT2D eigenvalue weighted by molar-refractivity contribution is 7.89. The summed E-state index contributed by atoms with van der Waals surface area (Å²) in [5, 5.41) is 9.87. The first-order valence-electron chi connectivity index (χ1n) is 9.02. The number of phenolic OH excluding ortho intramolecular Hbond substituents is 1. The Morgan fingerprint density at radius 1 is 1.07 bits per heavy atom. The number of nitrogens with zero attached hydrogens (tertiary/aromatic N) is 2. The Bertz CT molecular complexity index is 917. The molecule has 0 spiro atoms. The van der Waals surface area contributed by atoms with E-state index in [0.29, 0.717) is 30.1 Å². The quantitative estimate of drug-likeness (QED) is 0.792. The average molecular weight is 388 g/mol. The normalized spacial score (nSPS) is 16.3. The topological polar surface area (TPSA) is 79.2 Å². The predicted molar refractivity (Wildman–Crippen MR) is 106 cm³/mol. The van der Waals surface area contributed by atoms with E-state index in [1.807, 2.05) is 0 Å². The molecule has 1 aliphatic rings. The van der Waals surface area contributed by atoms with Gasteiger partial charge in [0, 0.05) is 24.9 Å². The summed E-state index contributed by atoms with van der Waals surface area (Å²) in [6, 6.07) is 11.5. The molecule has 0 aliphatic carbocycles. The van der Waals surface area contributed by atoms with Gasteiger partial charge in [0.15, 0.2) is 0 Å². The van der Waals surface area contributed by atoms with Crippen LogP contribution in [0.15, 0.2) is 52.4 Å². The number of rotatable bonds is 5. The summed E-state index contributed by atoms with van der Waals surface area (Å²) in [6.07, 6.45) is 5.38. The van der Waals surface area contributed by atoms with E-state index >= 15 is 0 Å². The number of para-hydroxylation sites is 1. The maximum absolute atomic E-state index is 13.0. The van der Waals surface area contributed by atoms with Crippen LogP contribution in [0.4, 0.5) is 5.69 Å². The molecule has 2 aromatic carbocycles. The van der Waals surface area contributed by atoms with Gasteiger partial charge in [-0.05, 0) is 43.2 Å². The van der Waals surface area contributed by atoms with Crippen LogP contribution in [0.3, 0.4) is 0 Å². The molecule has 0 unspecified atom stereocenters. The van der Waals surface area contributed by atoms with Crippen LogP contribution in [-0.4, -0.2) is 44.2 Å². The van der Waals surface area contributed by atoms with Crippen molar-refractivity contribution in [3.05, 3.63) is 48.0 Å². The molecule has 144 valence electrons. The van der Waals surface area contributed by atoms with E-state index in [0.717, 1.165) is 25.7 Å². The number of ether oxygens (including phenoxy) is 1. The Hall–Kier alpha value is -2.38. The van der Waals surface area contributed by atoms with Crippen molar-refractivity contribution in [3.63, 3.8) is 0 Å². The van der Waals surface area contributed by atoms with Gasteiger partial charge in [-0.3, -0.25) is 4.99 Å². The molecule has 0 saturated carbocycles. The standard InChI is InChI=1S/C20H24N2O4S/c1-26-20-11-10-17(27(24,25)22-12-6-2-3-7-13-22)14-18(20)21-15-16-8-4-5-9-19(16)23/h4-5,8-11,14-15,23H,2-3,6-7,12-13H2,1H3. The van der Waals surface area contributed by atoms with Crippen molar-refractivity contribution in [2.75, 3.05) is 20.2 Å². The zero-order chi connectivity index (χ0) is 19.3. The molecule has 27 heavy (non-hydrogen) atoms. The third-order valence-electron chi connectivity index (χ3n) is 4.63. The highest BCUT2D eigenvalue weighted by Gasteiger charge is 2.26. The van der Waals surface area contributed by atoms with Crippen LogP contribution in [0, 0.1) is 0 Å². The zero-order valence-corrected chi connectivity index (χ0v) is 16.2. The van der Waals surface area contributed by atoms with Crippen molar-refractivity contribution in [1.29, 1.82) is 0 Å². The van der Waals surface area contributed by atoms with E-state index < -0.39 is 10.0 Å². The Morgan fingerprint density at radius 2 is 1.78 bits per heavy atom. The number of benzene rings is 2. The molecule has 0 amide bonds. The maximum atomic E-state index is 13.0. The summed E-state index contributed by atoms with van der Waals surface area (Å²) in [5.74, 6) is 0.574. The zero-order valence-electron chi connectivity index (χ0n) is 15.3. The van der Waals surface area contributed by atoms with Gasteiger partial charge in [0.2, 0.25) is 10.0 Å². The van der Waals surface area contributed by atoms with Crippen LogP contribution in [-0.2, 0) is 10.0 Å². The highest BCUT2D eigenvalue weighted by Crippen LogP contribution is 2.32. The second-order valence-corrected chi connectivity index (χ2v) is 8.41. The minimum atomic E-state index is -3.57. The van der Waals surface area contributed by atoms with Gasteiger partial charge in [0.1, 0.15) is 17.2 Å². The van der Waals surface area contributed by atoms with Crippen molar-refractivity contribution in [1.82, 2.24) is 4.31 Å². The molecule has 1 heterocycles. The summed E-state index contributed by atoms with van der Waals surface area (Å²) in [4.78, 5) is 4.56. The maximum Gasteiger partial charge on any atom is 0.243 e. The van der Waals surface area contributed by atoms with Gasteiger partial charge in [0.05, 0.1) is 12.0 Å². The van der Waals surface area contributed by atoms with Gasteiger partial charge in [-0.15, -0.1) is 0 Å². The highest BCUT2D eigenvalue weighted by atomic mass is 32.2. The van der Waals surface area contributed by atoms with E-state index in [1.165, 1.54) is 19.4 Å². The van der Waals surface area contributed by atoms with Crippen LogP contribution in [0.5, 0.6) is 11.5 Å². The number of aromatic hydroxyl groups is 1. The first kappa shape index (κ1) is 19.4. The minimum absolute atomic E-state index is 0.105. The summed E-state index contributed by atoms with van der Waals surface area (Å²) < 4.78 is 32.9. The van der Waals surface area contributed by atoms with Crippen molar-refractivity contribution in [2.45, 2.75) is 30.6 Å². The van der Waals surface area contributed by atoms with Crippen LogP contribution < -0.4 is 4.74 Å². The smallest absolute Gasteiger partial charge is 0.243 e. The lowest BCUT2D eigenvalue weighted by molar-refractivity contribution is 0.414. The first-order valence-corrected chi connectivity index (χ1v) is 10.5. The van der Waals surface area contributed by atoms with Crippen molar-refractivity contribution < 1.29 is 18.3 Å². The van der Waals surface area contributed by atoms with Crippen LogP contribution in [0.1, 0.15) is 31.2 Å². The molecule has 3 rings (SSSR count). The Kier molecular flexibility index (Phi) is 6.13. The van der Waals surface area contributed by atoms with Gasteiger partial charge in [0.25, 0.3) is 0 Å². The predicted octanol–water partition coefficient (Wildman–Crippen LogP) is 3.72. The number of hydrogen-bond donors (Lipinski definition) is 1. The molecular weight excluding hydrogens is 364 g/mol. The van der Waals surface area contributed by atoms with Crippen LogP contribution in [0.25, 0.3) is 0 Å². The number of methoxy groups -OCH3 is 1. The van der Waals surface area contributed by atoms with Crippen molar-refractivity contribution >= 4 is 21.9 Å². The molecule has 0 atom stereocenters. The van der Waals surface area contributed by atoms with E-state index in [-0.39, 0.29) is 10.6 Å². The summed E-state index contributed by atoms with van der Waals surface area (Å²) in [7, 11) is -2.06. The minimum Gasteiger partial charge on any atom is -0.507 e. The molecule has 2 aromatic rings. The molecule has 1 aliphatic heterocycles. The van der Waals surface area contributed by atoms with Gasteiger partial charge in [-0.25, -0.2) is 8.42 Å². The first-order chi connectivity index (χ1) is 13.0. The van der Waals surface area contributed by atoms with Crippen molar-refractivity contribution in [3.8, 4) is 11.5 Å². The van der Waals surface area contributed by atoms with Crippen LogP contribution >= 0.6 is 0 Å². The Labute approximate surface area is 160 Å². The van der Waals surface area contributed by atoms with Gasteiger partial charge >= 0.3 is 0 Å². The number of aliphatic imine (C=N–C) groups is 1. The molecule has 0 radical (unpaired) electrons.